The van der Waals surface area contributed by atoms with Crippen LogP contribution >= 0.6 is 0 Å². The summed E-state index contributed by atoms with van der Waals surface area (Å²) in [5, 5.41) is 0. The molecule has 0 amide bonds. The summed E-state index contributed by atoms with van der Waals surface area (Å²) in [5.41, 5.74) is 1.75. The van der Waals surface area contributed by atoms with Crippen LogP contribution < -0.4 is 0 Å². The molecule has 28 heavy (non-hydrogen) atoms. The minimum Gasteiger partial charge on any atom is -0.416 e. The van der Waals surface area contributed by atoms with Gasteiger partial charge in [-0.05, 0) is 59.4 Å². The van der Waals surface area contributed by atoms with Crippen molar-refractivity contribution in [3.8, 4) is 0 Å². The lowest BCUT2D eigenvalue weighted by Crippen LogP contribution is -2.48. The Morgan fingerprint density at radius 2 is 1.50 bits per heavy atom. The zero-order chi connectivity index (χ0) is 21.1. The van der Waals surface area contributed by atoms with Gasteiger partial charge in [-0.2, -0.15) is 0 Å². The van der Waals surface area contributed by atoms with Crippen LogP contribution in [0.2, 0.25) is 16.6 Å². The molecule has 5 heteroatoms. The third-order valence-corrected chi connectivity index (χ3v) is 14.9. The summed E-state index contributed by atoms with van der Waals surface area (Å²) in [5.74, 6) is 1.40. The molecule has 0 radical (unpaired) electrons. The van der Waals surface area contributed by atoms with Gasteiger partial charge in [-0.3, -0.25) is 0 Å². The van der Waals surface area contributed by atoms with Crippen molar-refractivity contribution in [3.63, 3.8) is 0 Å². The van der Waals surface area contributed by atoms with Crippen LogP contribution in [-0.2, 0) is 14.3 Å². The lowest BCUT2D eigenvalue weighted by atomic mass is 10.0. The van der Waals surface area contributed by atoms with Crippen molar-refractivity contribution in [2.24, 2.45) is 17.8 Å². The van der Waals surface area contributed by atoms with Gasteiger partial charge in [-0.15, -0.1) is 0 Å². The molecule has 3 nitrogen and oxygen atoms in total. The molecule has 0 saturated heterocycles. The molecule has 0 bridgehead atoms. The topological polar surface area (TPSA) is 43.4 Å². The summed E-state index contributed by atoms with van der Waals surface area (Å²) in [6, 6.07) is 8.89. The van der Waals surface area contributed by atoms with E-state index < -0.39 is 18.2 Å². The molecule has 0 aliphatic heterocycles. The number of rotatable bonds is 9. The molecule has 1 aromatic carbocycles. The van der Waals surface area contributed by atoms with Crippen LogP contribution in [0, 0.1) is 17.8 Å². The maximum atomic E-state index is 12.8. The van der Waals surface area contributed by atoms with Gasteiger partial charge in [0.2, 0.25) is 0 Å². The fourth-order valence-electron chi connectivity index (χ4n) is 5.61. The molecule has 3 atom stereocenters. The molecule has 1 aliphatic carbocycles. The predicted molar refractivity (Wildman–Crippen MR) is 121 cm³/mol. The number of sulfone groups is 1. The average Bonchev–Trinajstić information content (AvgIpc) is 2.94. The van der Waals surface area contributed by atoms with E-state index in [1.807, 2.05) is 6.07 Å². The van der Waals surface area contributed by atoms with Crippen LogP contribution in [0.5, 0.6) is 0 Å². The summed E-state index contributed by atoms with van der Waals surface area (Å²) in [6.07, 6.45) is 2.04. The summed E-state index contributed by atoms with van der Waals surface area (Å²) in [7, 11) is -5.07. The van der Waals surface area contributed by atoms with Gasteiger partial charge in [-0.1, -0.05) is 66.7 Å². The SMILES string of the molecule is CC1CC(CO[Si](C(C)C)(C(C)C)C(C)C)CC1CS(=O)(=O)c1ccccc1. The summed E-state index contributed by atoms with van der Waals surface area (Å²) in [6.45, 7) is 16.9. The maximum Gasteiger partial charge on any atom is 0.200 e. The molecule has 1 aliphatic rings. The van der Waals surface area contributed by atoms with Gasteiger partial charge >= 0.3 is 0 Å². The number of benzene rings is 1. The van der Waals surface area contributed by atoms with Crippen molar-refractivity contribution in [1.29, 1.82) is 0 Å². The molecule has 1 aromatic rings. The van der Waals surface area contributed by atoms with Gasteiger partial charge in [0.1, 0.15) is 0 Å². The predicted octanol–water partition coefficient (Wildman–Crippen LogP) is 6.31. The van der Waals surface area contributed by atoms with Crippen molar-refractivity contribution in [1.82, 2.24) is 0 Å². The standard InChI is InChI=1S/C23H40O3SSi/c1-17(2)28(18(3)4,19(5)6)26-15-21-13-20(7)22(14-21)16-27(24,25)23-11-9-8-10-12-23/h8-12,17-22H,13-16H2,1-7H3. The Balaban J connectivity index is 2.03. The van der Waals surface area contributed by atoms with Gasteiger partial charge in [0, 0.05) is 6.61 Å². The second-order valence-electron chi connectivity index (χ2n) is 9.80. The van der Waals surface area contributed by atoms with Crippen LogP contribution in [0.3, 0.4) is 0 Å². The normalized spacial score (nSPS) is 23.9. The number of hydrogen-bond donors (Lipinski definition) is 0. The first-order valence-electron chi connectivity index (χ1n) is 10.9. The van der Waals surface area contributed by atoms with Crippen molar-refractivity contribution < 1.29 is 12.8 Å². The molecule has 1 fully saturated rings. The van der Waals surface area contributed by atoms with Gasteiger partial charge in [-0.25, -0.2) is 8.42 Å². The first-order chi connectivity index (χ1) is 13.0. The van der Waals surface area contributed by atoms with Crippen LogP contribution in [0.25, 0.3) is 0 Å². The van der Waals surface area contributed by atoms with E-state index in [-0.39, 0.29) is 11.7 Å². The van der Waals surface area contributed by atoms with Gasteiger partial charge < -0.3 is 4.43 Å². The lowest BCUT2D eigenvalue weighted by molar-refractivity contribution is 0.219. The largest absolute Gasteiger partial charge is 0.416 e. The molecule has 0 N–H and O–H groups in total. The monoisotopic (exact) mass is 424 g/mol. The van der Waals surface area contributed by atoms with Crippen LogP contribution in [0.4, 0.5) is 0 Å². The van der Waals surface area contributed by atoms with Crippen LogP contribution in [-0.4, -0.2) is 29.1 Å². The average molecular weight is 425 g/mol. The Morgan fingerprint density at radius 1 is 0.964 bits per heavy atom. The quantitative estimate of drug-likeness (QED) is 0.436. The minimum atomic E-state index is -3.22. The highest BCUT2D eigenvalue weighted by molar-refractivity contribution is 7.91. The third kappa shape index (κ3) is 5.09. The van der Waals surface area contributed by atoms with E-state index in [9.17, 15) is 8.42 Å². The van der Waals surface area contributed by atoms with E-state index in [2.05, 4.69) is 48.5 Å². The Hall–Kier alpha value is -0.653. The fourth-order valence-corrected chi connectivity index (χ4v) is 12.9. The van der Waals surface area contributed by atoms with E-state index in [4.69, 9.17) is 4.43 Å². The summed E-state index contributed by atoms with van der Waals surface area (Å²) in [4.78, 5) is 0.452. The Morgan fingerprint density at radius 3 is 2.00 bits per heavy atom. The third-order valence-electron chi connectivity index (χ3n) is 6.96. The first-order valence-corrected chi connectivity index (χ1v) is 14.7. The highest BCUT2D eigenvalue weighted by Crippen LogP contribution is 2.44. The number of hydrogen-bond acceptors (Lipinski definition) is 3. The molecule has 0 aromatic heterocycles. The summed E-state index contributed by atoms with van der Waals surface area (Å²) < 4.78 is 32.4. The minimum absolute atomic E-state index is 0.229. The molecule has 160 valence electrons. The zero-order valence-electron chi connectivity index (χ0n) is 18.8. The van der Waals surface area contributed by atoms with Crippen molar-refractivity contribution in [2.45, 2.75) is 82.8 Å². The Bertz CT molecular complexity index is 691. The molecular formula is C23H40O3SSi. The Kier molecular flexibility index (Phi) is 7.96. The Labute approximate surface area is 174 Å². The highest BCUT2D eigenvalue weighted by Gasteiger charge is 2.46. The second-order valence-corrected chi connectivity index (χ2v) is 17.3. The van der Waals surface area contributed by atoms with E-state index in [1.54, 1.807) is 24.3 Å². The van der Waals surface area contributed by atoms with Gasteiger partial charge in [0.05, 0.1) is 10.6 Å². The molecule has 2 rings (SSSR count). The van der Waals surface area contributed by atoms with E-state index >= 15 is 0 Å². The smallest absolute Gasteiger partial charge is 0.200 e. The highest BCUT2D eigenvalue weighted by atomic mass is 32.2. The van der Waals surface area contributed by atoms with Gasteiger partial charge in [0.15, 0.2) is 18.2 Å². The van der Waals surface area contributed by atoms with Gasteiger partial charge in [0.25, 0.3) is 0 Å². The summed E-state index contributed by atoms with van der Waals surface area (Å²) >= 11 is 0. The van der Waals surface area contributed by atoms with Crippen LogP contribution in [0.1, 0.15) is 61.3 Å². The van der Waals surface area contributed by atoms with Crippen molar-refractivity contribution >= 4 is 18.2 Å². The zero-order valence-corrected chi connectivity index (χ0v) is 20.6. The first kappa shape index (κ1) is 23.6. The van der Waals surface area contributed by atoms with Crippen LogP contribution in [0.15, 0.2) is 35.2 Å². The van der Waals surface area contributed by atoms with Crippen molar-refractivity contribution in [3.05, 3.63) is 30.3 Å². The molecule has 0 spiro atoms. The molecular weight excluding hydrogens is 384 g/mol. The van der Waals surface area contributed by atoms with E-state index in [0.29, 0.717) is 33.4 Å². The molecule has 1 saturated carbocycles. The molecule has 0 heterocycles. The van der Waals surface area contributed by atoms with Crippen molar-refractivity contribution in [2.75, 3.05) is 12.4 Å². The van der Waals surface area contributed by atoms with E-state index in [0.717, 1.165) is 19.4 Å². The maximum absolute atomic E-state index is 12.8. The molecule has 3 unspecified atom stereocenters. The van der Waals surface area contributed by atoms with E-state index in [1.165, 1.54) is 0 Å². The fraction of sp³-hybridized carbons (Fsp3) is 0.739. The second kappa shape index (κ2) is 9.44. The lowest BCUT2D eigenvalue weighted by Gasteiger charge is -2.42.